The van der Waals surface area contributed by atoms with Gasteiger partial charge in [0.15, 0.2) is 0 Å². The molecule has 8 nitrogen and oxygen atoms in total. The number of likely N-dealkylation sites (N-methyl/N-ethyl adjacent to an activating group) is 1. The second-order valence-corrected chi connectivity index (χ2v) is 10.5. The van der Waals surface area contributed by atoms with Crippen molar-refractivity contribution in [3.8, 4) is 5.75 Å². The molecule has 3 aliphatic rings. The Morgan fingerprint density at radius 1 is 1.09 bits per heavy atom. The maximum Gasteiger partial charge on any atom is 0.260 e. The third kappa shape index (κ3) is 4.87. The van der Waals surface area contributed by atoms with E-state index in [4.69, 9.17) is 4.74 Å². The van der Waals surface area contributed by atoms with E-state index >= 15 is 0 Å². The molecule has 35 heavy (non-hydrogen) atoms. The summed E-state index contributed by atoms with van der Waals surface area (Å²) in [4.78, 5) is 41.9. The first kappa shape index (κ1) is 23.7. The van der Waals surface area contributed by atoms with Gasteiger partial charge in [0.25, 0.3) is 5.91 Å². The highest BCUT2D eigenvalue weighted by atomic mass is 32.2. The van der Waals surface area contributed by atoms with Crippen LogP contribution < -0.4 is 9.64 Å². The van der Waals surface area contributed by atoms with Crippen LogP contribution in [0.25, 0.3) is 6.08 Å². The van der Waals surface area contributed by atoms with Gasteiger partial charge in [-0.3, -0.25) is 9.59 Å². The molecule has 0 N–H and O–H groups in total. The molecule has 3 heterocycles. The van der Waals surface area contributed by atoms with Crippen LogP contribution in [0.15, 0.2) is 47.6 Å². The molecule has 2 saturated heterocycles. The van der Waals surface area contributed by atoms with Crippen LogP contribution in [-0.4, -0.2) is 83.2 Å². The molecule has 0 spiro atoms. The van der Waals surface area contributed by atoms with Crippen LogP contribution in [0.4, 0.5) is 5.95 Å². The zero-order chi connectivity index (χ0) is 24.4. The van der Waals surface area contributed by atoms with Crippen molar-refractivity contribution in [1.82, 2.24) is 19.8 Å². The van der Waals surface area contributed by atoms with E-state index in [1.165, 1.54) is 0 Å². The Balaban J connectivity index is 1.22. The minimum atomic E-state index is -0.0358. The van der Waals surface area contributed by atoms with Crippen molar-refractivity contribution in [2.24, 2.45) is 5.92 Å². The molecule has 184 valence electrons. The molecule has 3 unspecified atom stereocenters. The predicted octanol–water partition coefficient (Wildman–Crippen LogP) is 2.92. The van der Waals surface area contributed by atoms with E-state index in [9.17, 15) is 9.59 Å². The maximum absolute atomic E-state index is 13.4. The molecule has 0 bridgehead atoms. The maximum atomic E-state index is 13.4. The fraction of sp³-hybridized carbons (Fsp3) is 0.462. The summed E-state index contributed by atoms with van der Waals surface area (Å²) in [6.07, 6.45) is 7.93. The standard InChI is InChI=1S/C26H31N5O3S/c1-29-20-16-19(24(32)30-12-14-31(15-13-30)26-27-10-5-11-28-26)8-9-22(20)35-23(25(29)33)17-18-6-3-4-7-21(18)34-2/h3-7,10-11,17,19-20,22H,8-9,12-16H2,1-2H3/b23-17+. The zero-order valence-electron chi connectivity index (χ0n) is 20.2. The number of nitrogens with zero attached hydrogens (tertiary/aromatic N) is 5. The average molecular weight is 494 g/mol. The highest BCUT2D eigenvalue weighted by molar-refractivity contribution is 8.04. The quantitative estimate of drug-likeness (QED) is 0.606. The van der Waals surface area contributed by atoms with Crippen LogP contribution >= 0.6 is 11.8 Å². The minimum absolute atomic E-state index is 0.0201. The van der Waals surface area contributed by atoms with E-state index in [2.05, 4.69) is 14.9 Å². The largest absolute Gasteiger partial charge is 0.496 e. The Hall–Kier alpha value is -3.07. The monoisotopic (exact) mass is 493 g/mol. The number of rotatable bonds is 4. The molecule has 3 atom stereocenters. The first-order chi connectivity index (χ1) is 17.0. The smallest absolute Gasteiger partial charge is 0.260 e. The second kappa shape index (κ2) is 10.3. The lowest BCUT2D eigenvalue weighted by molar-refractivity contribution is -0.139. The van der Waals surface area contributed by atoms with Crippen LogP contribution in [0, 0.1) is 5.92 Å². The number of methoxy groups -OCH3 is 1. The molecule has 1 aliphatic carbocycles. The lowest BCUT2D eigenvalue weighted by Gasteiger charge is -2.45. The van der Waals surface area contributed by atoms with Gasteiger partial charge in [-0.1, -0.05) is 18.2 Å². The topological polar surface area (TPSA) is 78.9 Å². The number of anilines is 1. The summed E-state index contributed by atoms with van der Waals surface area (Å²) < 4.78 is 5.45. The van der Waals surface area contributed by atoms with Crippen LogP contribution in [0.5, 0.6) is 5.75 Å². The Morgan fingerprint density at radius 2 is 1.83 bits per heavy atom. The molecule has 2 amide bonds. The number of benzene rings is 1. The summed E-state index contributed by atoms with van der Waals surface area (Å²) in [6, 6.07) is 9.62. The van der Waals surface area contributed by atoms with Crippen molar-refractivity contribution in [2.45, 2.75) is 30.6 Å². The predicted molar refractivity (Wildman–Crippen MR) is 137 cm³/mol. The molecule has 9 heteroatoms. The number of aromatic nitrogens is 2. The number of fused-ring (bicyclic) bond motifs is 1. The Kier molecular flexibility index (Phi) is 6.95. The van der Waals surface area contributed by atoms with Gasteiger partial charge in [-0.05, 0) is 37.5 Å². The normalized spacial score (nSPS) is 26.0. The van der Waals surface area contributed by atoms with Crippen LogP contribution in [0.1, 0.15) is 24.8 Å². The van der Waals surface area contributed by atoms with Crippen LogP contribution in [0.3, 0.4) is 0 Å². The van der Waals surface area contributed by atoms with E-state index in [1.54, 1.807) is 31.3 Å². The van der Waals surface area contributed by atoms with Gasteiger partial charge in [0, 0.05) is 68.4 Å². The number of hydrogen-bond donors (Lipinski definition) is 0. The minimum Gasteiger partial charge on any atom is -0.496 e. The zero-order valence-corrected chi connectivity index (χ0v) is 21.0. The van der Waals surface area contributed by atoms with Crippen molar-refractivity contribution < 1.29 is 14.3 Å². The van der Waals surface area contributed by atoms with E-state index in [0.29, 0.717) is 18.3 Å². The first-order valence-corrected chi connectivity index (χ1v) is 13.0. The highest BCUT2D eigenvalue weighted by Crippen LogP contribution is 2.44. The summed E-state index contributed by atoms with van der Waals surface area (Å²) in [5, 5.41) is 0.301. The lowest BCUT2D eigenvalue weighted by Crippen LogP contribution is -2.55. The van der Waals surface area contributed by atoms with Gasteiger partial charge >= 0.3 is 0 Å². The Morgan fingerprint density at radius 3 is 2.57 bits per heavy atom. The molecule has 0 radical (unpaired) electrons. The molecule has 2 aliphatic heterocycles. The fourth-order valence-corrected chi connectivity index (χ4v) is 6.76. The van der Waals surface area contributed by atoms with Crippen molar-refractivity contribution in [3.63, 3.8) is 0 Å². The van der Waals surface area contributed by atoms with Crippen molar-refractivity contribution in [2.75, 3.05) is 45.2 Å². The number of thioether (sulfide) groups is 1. The SMILES string of the molecule is COc1ccccc1/C=C1/SC2CCC(C(=O)N3CCN(c4ncccn4)CC3)CC2N(C)C1=O. The fourth-order valence-electron chi connectivity index (χ4n) is 5.29. The van der Waals surface area contributed by atoms with Crippen LogP contribution in [0.2, 0.25) is 0 Å². The number of carbonyl (C=O) groups is 2. The van der Waals surface area contributed by atoms with E-state index < -0.39 is 0 Å². The molecule has 1 aromatic heterocycles. The van der Waals surface area contributed by atoms with Crippen LogP contribution in [-0.2, 0) is 9.59 Å². The number of carbonyl (C=O) groups excluding carboxylic acids is 2. The number of ether oxygens (including phenoxy) is 1. The Bertz CT molecular complexity index is 1100. The van der Waals surface area contributed by atoms with Gasteiger partial charge < -0.3 is 19.4 Å². The summed E-state index contributed by atoms with van der Waals surface area (Å²) in [6.45, 7) is 2.83. The van der Waals surface area contributed by atoms with Gasteiger partial charge in [-0.2, -0.15) is 0 Å². The molecule has 5 rings (SSSR count). The molecule has 1 aromatic carbocycles. The first-order valence-electron chi connectivity index (χ1n) is 12.1. The Labute approximate surface area is 210 Å². The van der Waals surface area contributed by atoms with Crippen molar-refractivity contribution in [1.29, 1.82) is 0 Å². The van der Waals surface area contributed by atoms with E-state index in [-0.39, 0.29) is 23.8 Å². The van der Waals surface area contributed by atoms with E-state index in [1.807, 2.05) is 53.3 Å². The average Bonchev–Trinajstić information content (AvgIpc) is 2.92. The molecular formula is C26H31N5O3S. The number of para-hydroxylation sites is 1. The number of hydrogen-bond acceptors (Lipinski definition) is 7. The third-order valence-corrected chi connectivity index (χ3v) is 8.66. The van der Waals surface area contributed by atoms with Gasteiger partial charge in [0.2, 0.25) is 11.9 Å². The van der Waals surface area contributed by atoms with Gasteiger partial charge in [-0.25, -0.2) is 9.97 Å². The summed E-state index contributed by atoms with van der Waals surface area (Å²) in [7, 11) is 3.52. The summed E-state index contributed by atoms with van der Waals surface area (Å²) >= 11 is 1.66. The van der Waals surface area contributed by atoms with Crippen molar-refractivity contribution >= 4 is 35.6 Å². The molecule has 2 aromatic rings. The highest BCUT2D eigenvalue weighted by Gasteiger charge is 2.43. The van der Waals surface area contributed by atoms with Gasteiger partial charge in [-0.15, -0.1) is 11.8 Å². The van der Waals surface area contributed by atoms with Gasteiger partial charge in [0.05, 0.1) is 12.0 Å². The molecule has 3 fully saturated rings. The van der Waals surface area contributed by atoms with Crippen molar-refractivity contribution in [3.05, 3.63) is 53.2 Å². The second-order valence-electron chi connectivity index (χ2n) is 9.26. The summed E-state index contributed by atoms with van der Waals surface area (Å²) in [5.41, 5.74) is 0.904. The lowest BCUT2D eigenvalue weighted by atomic mass is 9.83. The number of amides is 2. The number of piperazine rings is 1. The van der Waals surface area contributed by atoms with Gasteiger partial charge in [0.1, 0.15) is 5.75 Å². The summed E-state index contributed by atoms with van der Waals surface area (Å²) in [5.74, 6) is 1.68. The third-order valence-electron chi connectivity index (χ3n) is 7.26. The van der Waals surface area contributed by atoms with E-state index in [0.717, 1.165) is 54.5 Å². The molecular weight excluding hydrogens is 462 g/mol. The molecule has 1 saturated carbocycles.